The zero-order chi connectivity index (χ0) is 14.6. The molecule has 0 unspecified atom stereocenters. The van der Waals surface area contributed by atoms with Crippen LogP contribution in [-0.2, 0) is 11.2 Å². The van der Waals surface area contributed by atoms with Crippen molar-refractivity contribution in [2.75, 3.05) is 13.7 Å². The van der Waals surface area contributed by atoms with Crippen LogP contribution in [0.25, 0.3) is 0 Å². The molecule has 0 spiro atoms. The normalized spacial score (nSPS) is 11.2. The number of nitrogens with zero attached hydrogens (tertiary/aromatic N) is 1. The van der Waals surface area contributed by atoms with Gasteiger partial charge >= 0.3 is 5.97 Å². The van der Waals surface area contributed by atoms with E-state index < -0.39 is 11.5 Å². The molecule has 1 aromatic rings. The summed E-state index contributed by atoms with van der Waals surface area (Å²) in [5, 5.41) is 18.1. The number of likely N-dealkylation sites (N-methyl/N-ethyl adjacent to an activating group) is 1. The number of aliphatic hydroxyl groups is 1. The Hall–Kier alpha value is -1.88. The standard InChI is InChI=1S/C14H19NO4/c1-14(2,9-16)15(3)13(19)11-7-5-4-6-10(11)8-12(17)18/h4-7,16H,8-9H2,1-3H3,(H,17,18). The number of amides is 1. The molecule has 0 saturated carbocycles. The van der Waals surface area contributed by atoms with Crippen molar-refractivity contribution in [3.63, 3.8) is 0 Å². The molecule has 5 nitrogen and oxygen atoms in total. The molecule has 0 aliphatic rings. The van der Waals surface area contributed by atoms with E-state index in [1.54, 1.807) is 45.2 Å². The molecule has 0 fully saturated rings. The zero-order valence-electron chi connectivity index (χ0n) is 11.4. The summed E-state index contributed by atoms with van der Waals surface area (Å²) >= 11 is 0. The average molecular weight is 265 g/mol. The molecule has 0 aliphatic heterocycles. The van der Waals surface area contributed by atoms with Crippen molar-refractivity contribution in [2.45, 2.75) is 25.8 Å². The van der Waals surface area contributed by atoms with Crippen LogP contribution in [0, 0.1) is 0 Å². The van der Waals surface area contributed by atoms with Gasteiger partial charge in [0.1, 0.15) is 0 Å². The molecular formula is C14H19NO4. The van der Waals surface area contributed by atoms with Gasteiger partial charge in [0.2, 0.25) is 0 Å². The molecule has 104 valence electrons. The number of carbonyl (C=O) groups excluding carboxylic acids is 1. The highest BCUT2D eigenvalue weighted by Crippen LogP contribution is 2.18. The molecule has 19 heavy (non-hydrogen) atoms. The van der Waals surface area contributed by atoms with E-state index in [9.17, 15) is 14.7 Å². The second kappa shape index (κ2) is 5.84. The molecule has 0 saturated heterocycles. The van der Waals surface area contributed by atoms with Crippen molar-refractivity contribution in [2.24, 2.45) is 0 Å². The van der Waals surface area contributed by atoms with E-state index in [1.165, 1.54) is 4.90 Å². The van der Waals surface area contributed by atoms with Crippen LogP contribution in [0.4, 0.5) is 0 Å². The van der Waals surface area contributed by atoms with Crippen molar-refractivity contribution in [3.05, 3.63) is 35.4 Å². The fourth-order valence-electron chi connectivity index (χ4n) is 1.61. The minimum absolute atomic E-state index is 0.170. The van der Waals surface area contributed by atoms with Crippen molar-refractivity contribution >= 4 is 11.9 Å². The monoisotopic (exact) mass is 265 g/mol. The summed E-state index contributed by atoms with van der Waals surface area (Å²) in [4.78, 5) is 24.6. The van der Waals surface area contributed by atoms with Gasteiger partial charge in [0.05, 0.1) is 18.6 Å². The molecule has 0 atom stereocenters. The zero-order valence-corrected chi connectivity index (χ0v) is 11.4. The second-order valence-electron chi connectivity index (χ2n) is 5.06. The van der Waals surface area contributed by atoms with E-state index >= 15 is 0 Å². The van der Waals surface area contributed by atoms with Crippen molar-refractivity contribution < 1.29 is 19.8 Å². The number of rotatable bonds is 5. The molecule has 1 aromatic carbocycles. The van der Waals surface area contributed by atoms with Gasteiger partial charge in [0, 0.05) is 12.6 Å². The first-order chi connectivity index (χ1) is 8.79. The van der Waals surface area contributed by atoms with Crippen molar-refractivity contribution in [3.8, 4) is 0 Å². The number of carbonyl (C=O) groups is 2. The Morgan fingerprint density at radius 2 is 1.84 bits per heavy atom. The molecule has 0 bridgehead atoms. The molecule has 2 N–H and O–H groups in total. The Balaban J connectivity index is 3.09. The fraction of sp³-hybridized carbons (Fsp3) is 0.429. The van der Waals surface area contributed by atoms with E-state index in [-0.39, 0.29) is 18.9 Å². The summed E-state index contributed by atoms with van der Waals surface area (Å²) in [6.45, 7) is 3.31. The molecule has 5 heteroatoms. The first kappa shape index (κ1) is 15.2. The van der Waals surface area contributed by atoms with Crippen LogP contribution < -0.4 is 0 Å². The van der Waals surface area contributed by atoms with Gasteiger partial charge in [-0.25, -0.2) is 0 Å². The van der Waals surface area contributed by atoms with Crippen LogP contribution in [0.2, 0.25) is 0 Å². The van der Waals surface area contributed by atoms with Crippen LogP contribution in [0.15, 0.2) is 24.3 Å². The third kappa shape index (κ3) is 3.54. The summed E-state index contributed by atoms with van der Waals surface area (Å²) in [5.74, 6) is -1.28. The van der Waals surface area contributed by atoms with E-state index in [1.807, 2.05) is 0 Å². The maximum absolute atomic E-state index is 12.4. The summed E-state index contributed by atoms with van der Waals surface area (Å²) in [5.41, 5.74) is 0.127. The number of hydrogen-bond acceptors (Lipinski definition) is 3. The maximum atomic E-state index is 12.4. The number of carboxylic acids is 1. The lowest BCUT2D eigenvalue weighted by Gasteiger charge is -2.34. The van der Waals surface area contributed by atoms with Crippen LogP contribution in [0.5, 0.6) is 0 Å². The quantitative estimate of drug-likeness (QED) is 0.837. The van der Waals surface area contributed by atoms with Gasteiger partial charge in [0.15, 0.2) is 0 Å². The fourth-order valence-corrected chi connectivity index (χ4v) is 1.61. The van der Waals surface area contributed by atoms with Crippen molar-refractivity contribution in [1.82, 2.24) is 4.90 Å². The number of carboxylic acid groups (broad SMARTS) is 1. The summed E-state index contributed by atoms with van der Waals surface area (Å²) < 4.78 is 0. The average Bonchev–Trinajstić information content (AvgIpc) is 2.37. The summed E-state index contributed by atoms with van der Waals surface area (Å²) in [6.07, 6.45) is -0.199. The minimum Gasteiger partial charge on any atom is -0.481 e. The molecule has 0 aliphatic carbocycles. The Bertz CT molecular complexity index is 482. The van der Waals surface area contributed by atoms with Gasteiger partial charge in [-0.05, 0) is 25.5 Å². The predicted octanol–water partition coefficient (Wildman–Crippen LogP) is 1.16. The Morgan fingerprint density at radius 1 is 1.26 bits per heavy atom. The smallest absolute Gasteiger partial charge is 0.307 e. The second-order valence-corrected chi connectivity index (χ2v) is 5.06. The lowest BCUT2D eigenvalue weighted by molar-refractivity contribution is -0.136. The highest BCUT2D eigenvalue weighted by atomic mass is 16.4. The first-order valence-electron chi connectivity index (χ1n) is 5.98. The number of aliphatic hydroxyl groups excluding tert-OH is 1. The van der Waals surface area contributed by atoms with E-state index in [2.05, 4.69) is 0 Å². The van der Waals surface area contributed by atoms with E-state index in [0.29, 0.717) is 11.1 Å². The van der Waals surface area contributed by atoms with Gasteiger partial charge < -0.3 is 15.1 Å². The first-order valence-corrected chi connectivity index (χ1v) is 5.98. The SMILES string of the molecule is CN(C(=O)c1ccccc1CC(=O)O)C(C)(C)CO. The van der Waals surface area contributed by atoms with Crippen LogP contribution >= 0.6 is 0 Å². The van der Waals surface area contributed by atoms with Gasteiger partial charge in [0.25, 0.3) is 5.91 Å². The van der Waals surface area contributed by atoms with Gasteiger partial charge in [-0.1, -0.05) is 18.2 Å². The summed E-state index contributed by atoms with van der Waals surface area (Å²) in [6, 6.07) is 6.62. The lowest BCUT2D eigenvalue weighted by Crippen LogP contribution is -2.47. The van der Waals surface area contributed by atoms with Gasteiger partial charge in [-0.3, -0.25) is 9.59 Å². The third-order valence-corrected chi connectivity index (χ3v) is 3.19. The summed E-state index contributed by atoms with van der Waals surface area (Å²) in [7, 11) is 1.59. The van der Waals surface area contributed by atoms with Gasteiger partial charge in [-0.15, -0.1) is 0 Å². The minimum atomic E-state index is -0.982. The van der Waals surface area contributed by atoms with E-state index in [0.717, 1.165) is 0 Å². The molecule has 0 heterocycles. The lowest BCUT2D eigenvalue weighted by atomic mass is 9.99. The van der Waals surface area contributed by atoms with E-state index in [4.69, 9.17) is 5.11 Å². The number of aliphatic carboxylic acids is 1. The van der Waals surface area contributed by atoms with Gasteiger partial charge in [-0.2, -0.15) is 0 Å². The van der Waals surface area contributed by atoms with Crippen LogP contribution in [-0.4, -0.2) is 46.2 Å². The largest absolute Gasteiger partial charge is 0.481 e. The predicted molar refractivity (Wildman–Crippen MR) is 71.0 cm³/mol. The Labute approximate surface area is 112 Å². The maximum Gasteiger partial charge on any atom is 0.307 e. The highest BCUT2D eigenvalue weighted by Gasteiger charge is 2.28. The third-order valence-electron chi connectivity index (χ3n) is 3.19. The molecule has 0 radical (unpaired) electrons. The Kier molecular flexibility index (Phi) is 4.67. The topological polar surface area (TPSA) is 77.8 Å². The Morgan fingerprint density at radius 3 is 2.37 bits per heavy atom. The van der Waals surface area contributed by atoms with Crippen LogP contribution in [0.1, 0.15) is 29.8 Å². The molecule has 0 aromatic heterocycles. The molecule has 1 rings (SSSR count). The van der Waals surface area contributed by atoms with Crippen molar-refractivity contribution in [1.29, 1.82) is 0 Å². The number of hydrogen-bond donors (Lipinski definition) is 2. The number of benzene rings is 1. The molecular weight excluding hydrogens is 246 g/mol. The molecule has 1 amide bonds. The highest BCUT2D eigenvalue weighted by molar-refractivity contribution is 5.97. The van der Waals surface area contributed by atoms with Crippen LogP contribution in [0.3, 0.4) is 0 Å².